The minimum Gasteiger partial charge on any atom is -0.384 e. The van der Waals surface area contributed by atoms with E-state index in [0.29, 0.717) is 34.8 Å². The highest BCUT2D eigenvalue weighted by molar-refractivity contribution is 6.16. The summed E-state index contributed by atoms with van der Waals surface area (Å²) in [6.45, 7) is 1.30. The van der Waals surface area contributed by atoms with Crippen molar-refractivity contribution in [1.82, 2.24) is 14.5 Å². The van der Waals surface area contributed by atoms with Crippen LogP contribution in [-0.4, -0.2) is 33.2 Å². The largest absolute Gasteiger partial charge is 0.384 e. The van der Waals surface area contributed by atoms with E-state index in [1.165, 1.54) is 0 Å². The third kappa shape index (κ3) is 3.19. The van der Waals surface area contributed by atoms with Crippen molar-refractivity contribution in [1.29, 1.82) is 0 Å². The molecule has 1 atom stereocenters. The first kappa shape index (κ1) is 17.6. The van der Waals surface area contributed by atoms with Crippen molar-refractivity contribution in [3.63, 3.8) is 0 Å². The molecule has 5 rings (SSSR count). The van der Waals surface area contributed by atoms with Gasteiger partial charge in [-0.15, -0.1) is 0 Å². The van der Waals surface area contributed by atoms with Gasteiger partial charge in [0.1, 0.15) is 16.9 Å². The van der Waals surface area contributed by atoms with Gasteiger partial charge in [0.05, 0.1) is 23.7 Å². The fourth-order valence-corrected chi connectivity index (χ4v) is 3.83. The Bertz CT molecular complexity index is 1200. The second kappa shape index (κ2) is 7.18. The number of carbonyl (C=O) groups is 1. The molecule has 0 saturated carbocycles. The number of nitrogen functional groups attached to an aromatic ring is 1. The van der Waals surface area contributed by atoms with E-state index >= 15 is 0 Å². The molecular formula is C22H21N5O2. The maximum atomic E-state index is 13.1. The molecule has 29 heavy (non-hydrogen) atoms. The van der Waals surface area contributed by atoms with Gasteiger partial charge in [-0.05, 0) is 37.1 Å². The number of nitrogens with one attached hydrogen (secondary N) is 1. The molecule has 7 nitrogen and oxygen atoms in total. The minimum absolute atomic E-state index is 0.0613. The fourth-order valence-electron chi connectivity index (χ4n) is 3.83. The lowest BCUT2D eigenvalue weighted by Gasteiger charge is -2.13. The third-order valence-electron chi connectivity index (χ3n) is 5.26. The summed E-state index contributed by atoms with van der Waals surface area (Å²) in [7, 11) is 0. The van der Waals surface area contributed by atoms with E-state index < -0.39 is 0 Å². The number of nitrogens with zero attached hydrogens (tertiary/aromatic N) is 3. The molecule has 1 aliphatic heterocycles. The van der Waals surface area contributed by atoms with Crippen LogP contribution in [0.1, 0.15) is 23.2 Å². The molecule has 3 heterocycles. The van der Waals surface area contributed by atoms with Crippen LogP contribution >= 0.6 is 0 Å². The van der Waals surface area contributed by atoms with Gasteiger partial charge in [0.15, 0.2) is 5.65 Å². The average molecular weight is 387 g/mol. The van der Waals surface area contributed by atoms with Crippen LogP contribution < -0.4 is 11.1 Å². The SMILES string of the molecule is Nc1c(C(=O)Nc2ccccc2)c2nc3ccccc3nc2n1C[C@@H]1CCCO1. The number of carbonyl (C=O) groups excluding carboxylic acids is 1. The van der Waals surface area contributed by atoms with Crippen molar-refractivity contribution in [3.05, 3.63) is 60.2 Å². The molecule has 1 amide bonds. The summed E-state index contributed by atoms with van der Waals surface area (Å²) in [4.78, 5) is 22.6. The number of ether oxygens (including phenoxy) is 1. The van der Waals surface area contributed by atoms with E-state index in [1.807, 2.05) is 59.2 Å². The summed E-state index contributed by atoms with van der Waals surface area (Å²) in [6.07, 6.45) is 2.05. The number of hydrogen-bond acceptors (Lipinski definition) is 5. The lowest BCUT2D eigenvalue weighted by molar-refractivity contribution is 0.0979. The first-order valence-electron chi connectivity index (χ1n) is 9.73. The van der Waals surface area contributed by atoms with Crippen LogP contribution in [0.3, 0.4) is 0 Å². The summed E-state index contributed by atoms with van der Waals surface area (Å²) in [5.41, 5.74) is 10.1. The Morgan fingerprint density at radius 1 is 1.10 bits per heavy atom. The van der Waals surface area contributed by atoms with Crippen LogP contribution in [0, 0.1) is 0 Å². The van der Waals surface area contributed by atoms with E-state index in [2.05, 4.69) is 5.32 Å². The van der Waals surface area contributed by atoms with Crippen molar-refractivity contribution in [2.75, 3.05) is 17.7 Å². The normalized spacial score (nSPS) is 16.5. The molecule has 0 aliphatic carbocycles. The van der Waals surface area contributed by atoms with Gasteiger partial charge in [0, 0.05) is 12.3 Å². The Labute approximate surface area is 167 Å². The van der Waals surface area contributed by atoms with Crippen molar-refractivity contribution in [2.45, 2.75) is 25.5 Å². The molecule has 1 aliphatic rings. The number of amides is 1. The molecule has 0 radical (unpaired) electrons. The molecule has 2 aromatic carbocycles. The summed E-state index contributed by atoms with van der Waals surface area (Å²) in [5, 5.41) is 2.91. The Hall–Kier alpha value is -3.45. The van der Waals surface area contributed by atoms with Crippen molar-refractivity contribution in [2.24, 2.45) is 0 Å². The predicted molar refractivity (Wildman–Crippen MR) is 113 cm³/mol. The second-order valence-electron chi connectivity index (χ2n) is 7.21. The minimum atomic E-state index is -0.297. The number of anilines is 2. The Balaban J connectivity index is 1.65. The van der Waals surface area contributed by atoms with Gasteiger partial charge in [0.2, 0.25) is 0 Å². The molecule has 0 unspecified atom stereocenters. The lowest BCUT2D eigenvalue weighted by atomic mass is 10.2. The highest BCUT2D eigenvalue weighted by Crippen LogP contribution is 2.30. The zero-order valence-corrected chi connectivity index (χ0v) is 15.8. The van der Waals surface area contributed by atoms with E-state index in [0.717, 1.165) is 30.5 Å². The maximum Gasteiger partial charge on any atom is 0.261 e. The van der Waals surface area contributed by atoms with Crippen molar-refractivity contribution in [3.8, 4) is 0 Å². The van der Waals surface area contributed by atoms with Crippen LogP contribution in [0.15, 0.2) is 54.6 Å². The van der Waals surface area contributed by atoms with Gasteiger partial charge < -0.3 is 20.4 Å². The Morgan fingerprint density at radius 2 is 1.83 bits per heavy atom. The molecule has 4 aromatic rings. The molecule has 1 fully saturated rings. The summed E-state index contributed by atoms with van der Waals surface area (Å²) >= 11 is 0. The Morgan fingerprint density at radius 3 is 2.55 bits per heavy atom. The van der Waals surface area contributed by atoms with Gasteiger partial charge in [-0.2, -0.15) is 0 Å². The molecule has 0 spiro atoms. The molecule has 2 aromatic heterocycles. The number of aromatic nitrogens is 3. The number of nitrogens with two attached hydrogens (primary N) is 1. The van der Waals surface area contributed by atoms with Crippen molar-refractivity contribution < 1.29 is 9.53 Å². The van der Waals surface area contributed by atoms with Crippen LogP contribution in [0.25, 0.3) is 22.2 Å². The van der Waals surface area contributed by atoms with Crippen LogP contribution in [0.4, 0.5) is 11.5 Å². The topological polar surface area (TPSA) is 95.1 Å². The van der Waals surface area contributed by atoms with Crippen molar-refractivity contribution >= 4 is 39.6 Å². The predicted octanol–water partition coefficient (Wildman–Crippen LogP) is 3.60. The summed E-state index contributed by atoms with van der Waals surface area (Å²) in [6, 6.07) is 16.9. The van der Waals surface area contributed by atoms with Crippen LogP contribution in [0.5, 0.6) is 0 Å². The van der Waals surface area contributed by atoms with Gasteiger partial charge in [0.25, 0.3) is 5.91 Å². The molecule has 0 bridgehead atoms. The standard InChI is InChI=1S/C22H21N5O2/c23-20-18(22(28)24-14-7-2-1-3-8-14)19-21(27(20)13-15-9-6-12-29-15)26-17-11-5-4-10-16(17)25-19/h1-5,7-8,10-11,15H,6,9,12-13,23H2,(H,24,28)/t15-/m0/s1. The van der Waals surface area contributed by atoms with E-state index in [1.54, 1.807) is 0 Å². The quantitative estimate of drug-likeness (QED) is 0.558. The van der Waals surface area contributed by atoms with Crippen LogP contribution in [-0.2, 0) is 11.3 Å². The van der Waals surface area contributed by atoms with E-state index in [9.17, 15) is 4.79 Å². The highest BCUT2D eigenvalue weighted by atomic mass is 16.5. The zero-order chi connectivity index (χ0) is 19.8. The maximum absolute atomic E-state index is 13.1. The molecular weight excluding hydrogens is 366 g/mol. The Kier molecular flexibility index (Phi) is 4.37. The second-order valence-corrected chi connectivity index (χ2v) is 7.21. The first-order chi connectivity index (χ1) is 14.2. The number of rotatable bonds is 4. The number of para-hydroxylation sites is 3. The third-order valence-corrected chi connectivity index (χ3v) is 5.26. The highest BCUT2D eigenvalue weighted by Gasteiger charge is 2.26. The van der Waals surface area contributed by atoms with Gasteiger partial charge in [-0.25, -0.2) is 9.97 Å². The van der Waals surface area contributed by atoms with Gasteiger partial charge >= 0.3 is 0 Å². The van der Waals surface area contributed by atoms with Crippen LogP contribution in [0.2, 0.25) is 0 Å². The number of benzene rings is 2. The van der Waals surface area contributed by atoms with Gasteiger partial charge in [-0.1, -0.05) is 30.3 Å². The molecule has 1 saturated heterocycles. The molecule has 7 heteroatoms. The summed E-state index contributed by atoms with van der Waals surface area (Å²) in [5.74, 6) is 0.0635. The smallest absolute Gasteiger partial charge is 0.261 e. The molecule has 146 valence electrons. The number of fused-ring (bicyclic) bond motifs is 2. The lowest BCUT2D eigenvalue weighted by Crippen LogP contribution is -2.18. The average Bonchev–Trinajstić information content (AvgIpc) is 3.34. The van der Waals surface area contributed by atoms with Gasteiger partial charge in [-0.3, -0.25) is 4.79 Å². The fraction of sp³-hybridized carbons (Fsp3) is 0.227. The summed E-state index contributed by atoms with van der Waals surface area (Å²) < 4.78 is 7.65. The number of hydrogen-bond donors (Lipinski definition) is 2. The monoisotopic (exact) mass is 387 g/mol. The first-order valence-corrected chi connectivity index (χ1v) is 9.73. The van der Waals surface area contributed by atoms with E-state index in [4.69, 9.17) is 20.4 Å². The van der Waals surface area contributed by atoms with E-state index in [-0.39, 0.29) is 12.0 Å². The zero-order valence-electron chi connectivity index (χ0n) is 15.8. The molecule has 3 N–H and O–H groups in total.